The predicted molar refractivity (Wildman–Crippen MR) is 93.3 cm³/mol. The highest BCUT2D eigenvalue weighted by Gasteiger charge is 2.19. The van der Waals surface area contributed by atoms with Gasteiger partial charge in [-0.25, -0.2) is 4.79 Å². The molecule has 2 N–H and O–H groups in total. The maximum Gasteiger partial charge on any atom is 0.340 e. The fourth-order valence-corrected chi connectivity index (χ4v) is 2.52. The largest absolute Gasteiger partial charge is 0.454 e. The molecule has 130 valence electrons. The average molecular weight is 383 g/mol. The molecule has 0 aliphatic rings. The first-order chi connectivity index (χ1) is 11.7. The van der Waals surface area contributed by atoms with Crippen molar-refractivity contribution in [1.82, 2.24) is 0 Å². The predicted octanol–water partition coefficient (Wildman–Crippen LogP) is 3.83. The summed E-state index contributed by atoms with van der Waals surface area (Å²) < 4.78 is 4.91. The molecule has 7 nitrogen and oxygen atoms in total. The lowest BCUT2D eigenvalue weighted by atomic mass is 10.1. The van der Waals surface area contributed by atoms with Crippen molar-refractivity contribution in [2.75, 3.05) is 12.3 Å². The second-order valence-electron chi connectivity index (χ2n) is 5.11. The Kier molecular flexibility index (Phi) is 5.61. The lowest BCUT2D eigenvalue weighted by Gasteiger charge is -2.09. The van der Waals surface area contributed by atoms with Gasteiger partial charge in [-0.3, -0.25) is 14.9 Å². The number of nitro groups is 1. The Morgan fingerprint density at radius 2 is 1.92 bits per heavy atom. The molecule has 2 rings (SSSR count). The Morgan fingerprint density at radius 1 is 1.24 bits per heavy atom. The van der Waals surface area contributed by atoms with Crippen molar-refractivity contribution in [3.05, 3.63) is 67.2 Å². The van der Waals surface area contributed by atoms with E-state index < -0.39 is 23.3 Å². The molecular formula is C16H12Cl2N2O5. The van der Waals surface area contributed by atoms with E-state index in [4.69, 9.17) is 33.7 Å². The molecule has 0 radical (unpaired) electrons. The van der Waals surface area contributed by atoms with Gasteiger partial charge in [0.05, 0.1) is 21.2 Å². The number of carbonyl (C=O) groups is 2. The number of rotatable bonds is 5. The zero-order chi connectivity index (χ0) is 18.7. The van der Waals surface area contributed by atoms with Gasteiger partial charge in [0.25, 0.3) is 5.69 Å². The molecule has 0 amide bonds. The Balaban J connectivity index is 2.14. The SMILES string of the molecule is Cc1ccc(C(=O)COC(=O)c2cc(Cl)cc(Cl)c2N)cc1[N+](=O)[O-]. The van der Waals surface area contributed by atoms with Crippen LogP contribution in [0, 0.1) is 17.0 Å². The van der Waals surface area contributed by atoms with Crippen LogP contribution in [0.2, 0.25) is 10.0 Å². The second-order valence-corrected chi connectivity index (χ2v) is 5.95. The van der Waals surface area contributed by atoms with Crippen LogP contribution in [-0.4, -0.2) is 23.3 Å². The number of esters is 1. The number of nitrogen functional groups attached to an aromatic ring is 1. The number of Topliss-reactive ketones (excluding diaryl/α,β-unsaturated/α-hetero) is 1. The highest BCUT2D eigenvalue weighted by atomic mass is 35.5. The zero-order valence-electron chi connectivity index (χ0n) is 12.9. The van der Waals surface area contributed by atoms with Gasteiger partial charge in [-0.15, -0.1) is 0 Å². The third-order valence-corrected chi connectivity index (χ3v) is 3.91. The number of anilines is 1. The summed E-state index contributed by atoms with van der Waals surface area (Å²) in [6.45, 7) is 0.945. The molecule has 0 spiro atoms. The van der Waals surface area contributed by atoms with Gasteiger partial charge in [0.15, 0.2) is 6.61 Å². The minimum atomic E-state index is -0.878. The van der Waals surface area contributed by atoms with E-state index >= 15 is 0 Å². The van der Waals surface area contributed by atoms with Gasteiger partial charge in [-0.05, 0) is 19.1 Å². The van der Waals surface area contributed by atoms with Gasteiger partial charge in [0.1, 0.15) is 0 Å². The molecule has 0 saturated carbocycles. The standard InChI is InChI=1S/C16H12Cl2N2O5/c1-8-2-3-9(4-13(8)20(23)24)14(21)7-25-16(22)11-5-10(17)6-12(18)15(11)19/h2-6H,7,19H2,1H3. The number of nitrogens with zero attached hydrogens (tertiary/aromatic N) is 1. The average Bonchev–Trinajstić information content (AvgIpc) is 2.55. The number of hydrogen-bond donors (Lipinski definition) is 1. The summed E-state index contributed by atoms with van der Waals surface area (Å²) in [5.41, 5.74) is 5.88. The van der Waals surface area contributed by atoms with E-state index in [1.54, 1.807) is 6.92 Å². The molecule has 0 atom stereocenters. The van der Waals surface area contributed by atoms with Crippen LogP contribution in [-0.2, 0) is 4.74 Å². The van der Waals surface area contributed by atoms with Gasteiger partial charge in [0, 0.05) is 22.2 Å². The monoisotopic (exact) mass is 382 g/mol. The lowest BCUT2D eigenvalue weighted by Crippen LogP contribution is -2.16. The maximum absolute atomic E-state index is 12.1. The number of nitrogens with two attached hydrogens (primary N) is 1. The summed E-state index contributed by atoms with van der Waals surface area (Å²) in [6.07, 6.45) is 0. The summed E-state index contributed by atoms with van der Waals surface area (Å²) in [7, 11) is 0. The summed E-state index contributed by atoms with van der Waals surface area (Å²) in [6, 6.07) is 6.64. The Bertz CT molecular complexity index is 883. The van der Waals surface area contributed by atoms with E-state index in [0.29, 0.717) is 5.56 Å². The van der Waals surface area contributed by atoms with Crippen LogP contribution in [0.4, 0.5) is 11.4 Å². The number of nitro benzene ring substituents is 1. The molecule has 0 heterocycles. The van der Waals surface area contributed by atoms with Crippen LogP contribution in [0.25, 0.3) is 0 Å². The van der Waals surface area contributed by atoms with E-state index in [1.165, 1.54) is 24.3 Å². The van der Waals surface area contributed by atoms with E-state index in [0.717, 1.165) is 6.07 Å². The van der Waals surface area contributed by atoms with Crippen molar-refractivity contribution in [3.63, 3.8) is 0 Å². The minimum Gasteiger partial charge on any atom is -0.454 e. The quantitative estimate of drug-likeness (QED) is 0.276. The number of aryl methyl sites for hydroxylation is 1. The van der Waals surface area contributed by atoms with Crippen LogP contribution >= 0.6 is 23.2 Å². The Morgan fingerprint density at radius 3 is 2.56 bits per heavy atom. The maximum atomic E-state index is 12.1. The fraction of sp³-hybridized carbons (Fsp3) is 0.125. The van der Waals surface area contributed by atoms with Crippen molar-refractivity contribution in [3.8, 4) is 0 Å². The van der Waals surface area contributed by atoms with Crippen LogP contribution in [0.5, 0.6) is 0 Å². The number of ketones is 1. The molecule has 0 aliphatic carbocycles. The Labute approximate surface area is 152 Å². The van der Waals surface area contributed by atoms with E-state index in [2.05, 4.69) is 0 Å². The molecule has 2 aromatic rings. The van der Waals surface area contributed by atoms with Crippen LogP contribution in [0.15, 0.2) is 30.3 Å². The number of carbonyl (C=O) groups excluding carboxylic acids is 2. The molecule has 0 fully saturated rings. The third-order valence-electron chi connectivity index (χ3n) is 3.38. The molecule has 2 aromatic carbocycles. The van der Waals surface area contributed by atoms with E-state index in [-0.39, 0.29) is 32.5 Å². The summed E-state index contributed by atoms with van der Waals surface area (Å²) >= 11 is 11.6. The van der Waals surface area contributed by atoms with Crippen LogP contribution < -0.4 is 5.73 Å². The van der Waals surface area contributed by atoms with Gasteiger partial charge >= 0.3 is 5.97 Å². The molecule has 0 saturated heterocycles. The number of benzene rings is 2. The molecular weight excluding hydrogens is 371 g/mol. The molecule has 0 aromatic heterocycles. The minimum absolute atomic E-state index is 0.0190. The van der Waals surface area contributed by atoms with E-state index in [9.17, 15) is 19.7 Å². The second kappa shape index (κ2) is 7.50. The Hall–Kier alpha value is -2.64. The zero-order valence-corrected chi connectivity index (χ0v) is 14.4. The van der Waals surface area contributed by atoms with Gasteiger partial charge in [-0.1, -0.05) is 35.3 Å². The topological polar surface area (TPSA) is 113 Å². The van der Waals surface area contributed by atoms with Crippen molar-refractivity contribution in [1.29, 1.82) is 0 Å². The fourth-order valence-electron chi connectivity index (χ4n) is 2.03. The van der Waals surface area contributed by atoms with Crippen molar-refractivity contribution < 1.29 is 19.2 Å². The van der Waals surface area contributed by atoms with Crippen LogP contribution in [0.3, 0.4) is 0 Å². The van der Waals surface area contributed by atoms with Crippen molar-refractivity contribution in [2.24, 2.45) is 0 Å². The summed E-state index contributed by atoms with van der Waals surface area (Å²) in [4.78, 5) is 34.5. The molecule has 25 heavy (non-hydrogen) atoms. The summed E-state index contributed by atoms with van der Waals surface area (Å²) in [5, 5.41) is 11.2. The van der Waals surface area contributed by atoms with Gasteiger partial charge in [-0.2, -0.15) is 0 Å². The highest BCUT2D eigenvalue weighted by Crippen LogP contribution is 2.28. The molecule has 9 heteroatoms. The van der Waals surface area contributed by atoms with Crippen molar-refractivity contribution in [2.45, 2.75) is 6.92 Å². The lowest BCUT2D eigenvalue weighted by molar-refractivity contribution is -0.385. The first-order valence-electron chi connectivity index (χ1n) is 6.90. The van der Waals surface area contributed by atoms with Crippen molar-refractivity contribution >= 4 is 46.3 Å². The molecule has 0 aliphatic heterocycles. The normalized spacial score (nSPS) is 10.4. The number of halogens is 2. The smallest absolute Gasteiger partial charge is 0.340 e. The number of ether oxygens (including phenoxy) is 1. The third kappa shape index (κ3) is 4.26. The van der Waals surface area contributed by atoms with Gasteiger partial charge in [0.2, 0.25) is 5.78 Å². The summed E-state index contributed by atoms with van der Waals surface area (Å²) in [5.74, 6) is -1.47. The number of hydrogen-bond acceptors (Lipinski definition) is 6. The highest BCUT2D eigenvalue weighted by molar-refractivity contribution is 6.37. The van der Waals surface area contributed by atoms with Gasteiger partial charge < -0.3 is 10.5 Å². The molecule has 0 bridgehead atoms. The van der Waals surface area contributed by atoms with E-state index in [1.807, 2.05) is 0 Å². The first-order valence-corrected chi connectivity index (χ1v) is 7.66. The molecule has 0 unspecified atom stereocenters. The first kappa shape index (κ1) is 18.7. The van der Waals surface area contributed by atoms with Crippen LogP contribution in [0.1, 0.15) is 26.3 Å².